The zero-order chi connectivity index (χ0) is 21.5. The van der Waals surface area contributed by atoms with E-state index >= 15 is 0 Å². The number of carbonyl (C=O) groups is 1. The third kappa shape index (κ3) is 3.60. The third-order valence-corrected chi connectivity index (χ3v) is 5.94. The second kappa shape index (κ2) is 7.50. The largest absolute Gasteiger partial charge is 0.451 e. The van der Waals surface area contributed by atoms with E-state index in [9.17, 15) is 22.4 Å². The van der Waals surface area contributed by atoms with E-state index in [1.54, 1.807) is 11.0 Å². The third-order valence-electron chi connectivity index (χ3n) is 5.94. The number of rotatable bonds is 3. The molecule has 10 heteroatoms. The fraction of sp³-hybridized carbons (Fsp3) is 0.450. The summed E-state index contributed by atoms with van der Waals surface area (Å²) in [6.45, 7) is 0.271. The van der Waals surface area contributed by atoms with Gasteiger partial charge in [-0.2, -0.15) is 13.2 Å². The zero-order valence-electron chi connectivity index (χ0n) is 16.3. The molecule has 1 saturated heterocycles. The maximum Gasteiger partial charge on any atom is 0.451 e. The van der Waals surface area contributed by atoms with Gasteiger partial charge in [-0.25, -0.2) is 19.2 Å². The predicted molar refractivity (Wildman–Crippen MR) is 103 cm³/mol. The molecule has 1 aliphatic carbocycles. The van der Waals surface area contributed by atoms with Gasteiger partial charge in [0, 0.05) is 11.7 Å². The Hall–Kier alpha value is -2.75. The number of aromatic nitrogens is 2. The Morgan fingerprint density at radius 3 is 2.37 bits per heavy atom. The summed E-state index contributed by atoms with van der Waals surface area (Å²) in [7, 11) is 1.89. The number of nitrogens with one attached hydrogen (secondary N) is 1. The Morgan fingerprint density at radius 1 is 1.13 bits per heavy atom. The average molecular weight is 423 g/mol. The Kier molecular flexibility index (Phi) is 5.13. The fourth-order valence-corrected chi connectivity index (χ4v) is 4.39. The van der Waals surface area contributed by atoms with Crippen molar-refractivity contribution in [2.45, 2.75) is 43.4 Å². The first kappa shape index (κ1) is 20.5. The molecule has 1 aliphatic heterocycles. The Labute approximate surface area is 170 Å². The number of nitrogens with zero attached hydrogens (tertiary/aromatic N) is 4. The summed E-state index contributed by atoms with van der Waals surface area (Å²) < 4.78 is 52.3. The molecule has 1 aromatic heterocycles. The van der Waals surface area contributed by atoms with Crippen LogP contribution in [0.1, 0.15) is 31.5 Å². The SMILES string of the molecule is CNC1CCC2(CC1)CN(c1cnc(C(F)(F)F)nc1)C(=O)N2c1cccc(F)c1. The highest BCUT2D eigenvalue weighted by molar-refractivity contribution is 6.07. The monoisotopic (exact) mass is 423 g/mol. The minimum atomic E-state index is -4.66. The predicted octanol–water partition coefficient (Wildman–Crippen LogP) is 3.98. The van der Waals surface area contributed by atoms with Gasteiger partial charge < -0.3 is 5.32 Å². The van der Waals surface area contributed by atoms with Gasteiger partial charge in [0.2, 0.25) is 5.82 Å². The molecule has 2 heterocycles. The number of hydrogen-bond acceptors (Lipinski definition) is 4. The minimum absolute atomic E-state index is 0.182. The van der Waals surface area contributed by atoms with E-state index in [1.807, 2.05) is 7.05 Å². The normalized spacial score (nSPS) is 24.7. The van der Waals surface area contributed by atoms with Gasteiger partial charge in [0.25, 0.3) is 0 Å². The molecule has 1 aromatic carbocycles. The van der Waals surface area contributed by atoms with Crippen molar-refractivity contribution >= 4 is 17.4 Å². The number of alkyl halides is 3. The van der Waals surface area contributed by atoms with Crippen LogP contribution in [0.4, 0.5) is 33.7 Å². The van der Waals surface area contributed by atoms with Gasteiger partial charge in [0.1, 0.15) is 5.82 Å². The number of benzene rings is 1. The van der Waals surface area contributed by atoms with E-state index in [2.05, 4.69) is 15.3 Å². The standard InChI is InChI=1S/C20H21F4N5O/c1-25-14-5-7-19(8-6-14)12-28(16-10-26-17(27-11-16)20(22,23)24)18(30)29(19)15-4-2-3-13(21)9-15/h2-4,9-11,14,25H,5-8,12H2,1H3. The first-order valence-corrected chi connectivity index (χ1v) is 9.67. The number of urea groups is 1. The highest BCUT2D eigenvalue weighted by Crippen LogP contribution is 2.43. The Bertz CT molecular complexity index is 926. The summed E-state index contributed by atoms with van der Waals surface area (Å²) in [6, 6.07) is 5.71. The van der Waals surface area contributed by atoms with Crippen LogP contribution in [0.25, 0.3) is 0 Å². The van der Waals surface area contributed by atoms with Gasteiger partial charge in [-0.1, -0.05) is 6.07 Å². The van der Waals surface area contributed by atoms with Crippen molar-refractivity contribution in [2.75, 3.05) is 23.4 Å². The van der Waals surface area contributed by atoms with E-state index in [0.717, 1.165) is 25.2 Å². The summed E-state index contributed by atoms with van der Waals surface area (Å²) in [4.78, 5) is 23.1. The fourth-order valence-electron chi connectivity index (χ4n) is 4.39. The van der Waals surface area contributed by atoms with Gasteiger partial charge >= 0.3 is 12.2 Å². The van der Waals surface area contributed by atoms with Crippen molar-refractivity contribution in [3.05, 3.63) is 48.3 Å². The molecule has 2 amide bonds. The average Bonchev–Trinajstić information content (AvgIpc) is 3.00. The molecule has 2 aliphatic rings. The van der Waals surface area contributed by atoms with Crippen molar-refractivity contribution in [3.8, 4) is 0 Å². The number of carbonyl (C=O) groups excluding carboxylic acids is 1. The molecule has 160 valence electrons. The summed E-state index contributed by atoms with van der Waals surface area (Å²) in [5, 5.41) is 3.24. The molecule has 4 rings (SSSR count). The molecule has 0 unspecified atom stereocenters. The van der Waals surface area contributed by atoms with Crippen molar-refractivity contribution in [1.29, 1.82) is 0 Å². The van der Waals surface area contributed by atoms with E-state index in [1.165, 1.54) is 23.1 Å². The van der Waals surface area contributed by atoms with Gasteiger partial charge in [-0.3, -0.25) is 9.80 Å². The second-order valence-corrected chi connectivity index (χ2v) is 7.73. The van der Waals surface area contributed by atoms with E-state index < -0.39 is 29.4 Å². The van der Waals surface area contributed by atoms with Crippen molar-refractivity contribution in [2.24, 2.45) is 0 Å². The van der Waals surface area contributed by atoms with E-state index in [0.29, 0.717) is 24.6 Å². The van der Waals surface area contributed by atoms with Gasteiger partial charge in [-0.05, 0) is 50.9 Å². The number of amides is 2. The van der Waals surface area contributed by atoms with E-state index in [4.69, 9.17) is 0 Å². The molecule has 2 fully saturated rings. The topological polar surface area (TPSA) is 61.4 Å². The summed E-state index contributed by atoms with van der Waals surface area (Å²) in [6.07, 6.45) is 0.372. The maximum absolute atomic E-state index is 13.9. The van der Waals surface area contributed by atoms with Crippen LogP contribution in [-0.2, 0) is 6.18 Å². The van der Waals surface area contributed by atoms with Gasteiger partial charge in [0.15, 0.2) is 0 Å². The smallest absolute Gasteiger partial charge is 0.317 e. The molecule has 1 spiro atoms. The lowest BCUT2D eigenvalue weighted by Gasteiger charge is -2.42. The highest BCUT2D eigenvalue weighted by Gasteiger charge is 2.52. The molecular weight excluding hydrogens is 402 g/mol. The molecule has 2 aromatic rings. The first-order valence-electron chi connectivity index (χ1n) is 9.67. The van der Waals surface area contributed by atoms with Crippen LogP contribution in [-0.4, -0.2) is 41.2 Å². The van der Waals surface area contributed by atoms with Crippen LogP contribution in [0.3, 0.4) is 0 Å². The van der Waals surface area contributed by atoms with Crippen LogP contribution in [0.2, 0.25) is 0 Å². The van der Waals surface area contributed by atoms with Gasteiger partial charge in [-0.15, -0.1) is 0 Å². The maximum atomic E-state index is 13.9. The van der Waals surface area contributed by atoms with Crippen LogP contribution < -0.4 is 15.1 Å². The number of halogens is 4. The molecule has 0 atom stereocenters. The zero-order valence-corrected chi connectivity index (χ0v) is 16.3. The molecule has 6 nitrogen and oxygen atoms in total. The quantitative estimate of drug-likeness (QED) is 0.759. The van der Waals surface area contributed by atoms with Gasteiger partial charge in [0.05, 0.1) is 30.2 Å². The summed E-state index contributed by atoms with van der Waals surface area (Å²) in [5.41, 5.74) is 0.0289. The molecular formula is C20H21F4N5O. The second-order valence-electron chi connectivity index (χ2n) is 7.73. The lowest BCUT2D eigenvalue weighted by atomic mass is 9.78. The van der Waals surface area contributed by atoms with Crippen molar-refractivity contribution in [3.63, 3.8) is 0 Å². The Morgan fingerprint density at radius 2 is 1.80 bits per heavy atom. The number of hydrogen-bond donors (Lipinski definition) is 1. The summed E-state index contributed by atoms with van der Waals surface area (Å²) >= 11 is 0. The molecule has 1 saturated carbocycles. The van der Waals surface area contributed by atoms with Crippen molar-refractivity contribution in [1.82, 2.24) is 15.3 Å². The van der Waals surface area contributed by atoms with Crippen LogP contribution in [0.5, 0.6) is 0 Å². The molecule has 0 radical (unpaired) electrons. The van der Waals surface area contributed by atoms with Crippen LogP contribution in [0, 0.1) is 5.82 Å². The van der Waals surface area contributed by atoms with Crippen LogP contribution >= 0.6 is 0 Å². The molecule has 30 heavy (non-hydrogen) atoms. The molecule has 1 N–H and O–H groups in total. The summed E-state index contributed by atoms with van der Waals surface area (Å²) in [5.74, 6) is -1.72. The highest BCUT2D eigenvalue weighted by atomic mass is 19.4. The lowest BCUT2D eigenvalue weighted by molar-refractivity contribution is -0.144. The minimum Gasteiger partial charge on any atom is -0.317 e. The van der Waals surface area contributed by atoms with Crippen molar-refractivity contribution < 1.29 is 22.4 Å². The van der Waals surface area contributed by atoms with E-state index in [-0.39, 0.29) is 12.2 Å². The van der Waals surface area contributed by atoms with Crippen LogP contribution in [0.15, 0.2) is 36.7 Å². The Balaban J connectivity index is 1.70. The number of anilines is 2. The first-order chi connectivity index (χ1) is 14.2. The lowest BCUT2D eigenvalue weighted by Crippen LogP contribution is -2.52. The molecule has 0 bridgehead atoms.